The lowest BCUT2D eigenvalue weighted by molar-refractivity contribution is 0.0601. The summed E-state index contributed by atoms with van der Waals surface area (Å²) in [4.78, 5) is 16.3. The van der Waals surface area contributed by atoms with E-state index in [9.17, 15) is 4.79 Å². The largest absolute Gasteiger partial charge is 0.493 e. The summed E-state index contributed by atoms with van der Waals surface area (Å²) < 4.78 is 15.3. The van der Waals surface area contributed by atoms with Gasteiger partial charge in [0.25, 0.3) is 0 Å². The number of pyridine rings is 1. The van der Waals surface area contributed by atoms with E-state index in [1.807, 2.05) is 0 Å². The van der Waals surface area contributed by atoms with Gasteiger partial charge < -0.3 is 14.2 Å². The molecule has 0 saturated carbocycles. The molecule has 0 saturated heterocycles. The highest BCUT2D eigenvalue weighted by atomic mass is 35.5. The molecular formula is C16H16ClNO4. The van der Waals surface area contributed by atoms with Crippen LogP contribution in [0.2, 0.25) is 5.15 Å². The second-order valence-corrected chi connectivity index (χ2v) is 4.91. The predicted molar refractivity (Wildman–Crippen MR) is 83.9 cm³/mol. The molecule has 22 heavy (non-hydrogen) atoms. The van der Waals surface area contributed by atoms with Gasteiger partial charge in [0.15, 0.2) is 11.5 Å². The van der Waals surface area contributed by atoms with Crippen molar-refractivity contribution in [2.75, 3.05) is 21.3 Å². The van der Waals surface area contributed by atoms with Crippen LogP contribution in [0.5, 0.6) is 11.5 Å². The Balaban J connectivity index is 2.65. The number of aryl methyl sites for hydroxylation is 1. The van der Waals surface area contributed by atoms with Crippen LogP contribution in [0, 0.1) is 6.92 Å². The minimum atomic E-state index is -0.475. The van der Waals surface area contributed by atoms with Crippen LogP contribution in [0.15, 0.2) is 24.3 Å². The zero-order valence-corrected chi connectivity index (χ0v) is 13.5. The first-order valence-electron chi connectivity index (χ1n) is 6.49. The fraction of sp³-hybridized carbons (Fsp3) is 0.250. The molecule has 2 rings (SSSR count). The number of esters is 1. The van der Waals surface area contributed by atoms with Crippen molar-refractivity contribution in [2.45, 2.75) is 6.92 Å². The van der Waals surface area contributed by atoms with Crippen LogP contribution in [0.4, 0.5) is 0 Å². The van der Waals surface area contributed by atoms with Crippen LogP contribution in [0.1, 0.15) is 15.9 Å². The average Bonchev–Trinajstić information content (AvgIpc) is 2.55. The average molecular weight is 322 g/mol. The second-order valence-electron chi connectivity index (χ2n) is 4.55. The van der Waals surface area contributed by atoms with Crippen molar-refractivity contribution >= 4 is 17.6 Å². The summed E-state index contributed by atoms with van der Waals surface area (Å²) in [5.41, 5.74) is 2.16. The van der Waals surface area contributed by atoms with Crippen LogP contribution >= 0.6 is 11.6 Å². The second kappa shape index (κ2) is 6.66. The lowest BCUT2D eigenvalue weighted by Crippen LogP contribution is -2.06. The SMILES string of the molecule is COC(=O)c1cc(C)c(Cl)nc1-c1ccc(OC)c(OC)c1. The number of ether oxygens (including phenoxy) is 3. The van der Waals surface area contributed by atoms with Gasteiger partial charge in [0.2, 0.25) is 0 Å². The molecule has 0 aliphatic heterocycles. The highest BCUT2D eigenvalue weighted by Gasteiger charge is 2.18. The molecule has 6 heteroatoms. The minimum absolute atomic E-state index is 0.331. The van der Waals surface area contributed by atoms with Gasteiger partial charge in [-0.15, -0.1) is 0 Å². The highest BCUT2D eigenvalue weighted by Crippen LogP contribution is 2.34. The quantitative estimate of drug-likeness (QED) is 0.637. The Labute approximate surface area is 133 Å². The van der Waals surface area contributed by atoms with Crippen molar-refractivity contribution in [3.05, 3.63) is 40.5 Å². The number of nitrogens with zero attached hydrogens (tertiary/aromatic N) is 1. The Morgan fingerprint density at radius 1 is 1.09 bits per heavy atom. The number of benzene rings is 1. The molecule has 0 aliphatic rings. The van der Waals surface area contributed by atoms with Gasteiger partial charge in [0.05, 0.1) is 32.6 Å². The van der Waals surface area contributed by atoms with E-state index < -0.39 is 5.97 Å². The molecule has 0 atom stereocenters. The van der Waals surface area contributed by atoms with E-state index in [4.69, 9.17) is 25.8 Å². The molecule has 0 radical (unpaired) electrons. The molecular weight excluding hydrogens is 306 g/mol. The number of aromatic nitrogens is 1. The first-order valence-corrected chi connectivity index (χ1v) is 6.87. The highest BCUT2D eigenvalue weighted by molar-refractivity contribution is 6.30. The monoisotopic (exact) mass is 321 g/mol. The molecule has 0 amide bonds. The zero-order valence-electron chi connectivity index (χ0n) is 12.8. The molecule has 0 aliphatic carbocycles. The van der Waals surface area contributed by atoms with Crippen LogP contribution in [-0.4, -0.2) is 32.3 Å². The molecule has 2 aromatic rings. The van der Waals surface area contributed by atoms with Gasteiger partial charge in [-0.2, -0.15) is 0 Å². The number of carbonyl (C=O) groups is 1. The van der Waals surface area contributed by atoms with Gasteiger partial charge in [-0.25, -0.2) is 9.78 Å². The summed E-state index contributed by atoms with van der Waals surface area (Å²) in [6.07, 6.45) is 0. The Morgan fingerprint density at radius 2 is 1.77 bits per heavy atom. The van der Waals surface area contributed by atoms with Crippen molar-refractivity contribution in [3.63, 3.8) is 0 Å². The van der Waals surface area contributed by atoms with E-state index in [1.165, 1.54) is 7.11 Å². The van der Waals surface area contributed by atoms with Crippen molar-refractivity contribution in [3.8, 4) is 22.8 Å². The predicted octanol–water partition coefficient (Wildman–Crippen LogP) is 3.51. The van der Waals surface area contributed by atoms with Crippen molar-refractivity contribution < 1.29 is 19.0 Å². The van der Waals surface area contributed by atoms with E-state index in [0.717, 1.165) is 0 Å². The number of hydrogen-bond acceptors (Lipinski definition) is 5. The van der Waals surface area contributed by atoms with E-state index in [0.29, 0.717) is 39.0 Å². The maximum Gasteiger partial charge on any atom is 0.340 e. The minimum Gasteiger partial charge on any atom is -0.493 e. The fourth-order valence-electron chi connectivity index (χ4n) is 2.06. The molecule has 0 unspecified atom stereocenters. The van der Waals surface area contributed by atoms with Crippen LogP contribution in [0.3, 0.4) is 0 Å². The normalized spacial score (nSPS) is 10.2. The standard InChI is InChI=1S/C16H16ClNO4/c1-9-7-11(16(19)22-4)14(18-15(9)17)10-5-6-12(20-2)13(8-10)21-3/h5-8H,1-4H3. The maximum absolute atomic E-state index is 12.0. The third kappa shape index (κ3) is 2.99. The fourth-order valence-corrected chi connectivity index (χ4v) is 2.20. The van der Waals surface area contributed by atoms with Gasteiger partial charge >= 0.3 is 5.97 Å². The molecule has 0 N–H and O–H groups in total. The van der Waals surface area contributed by atoms with Crippen molar-refractivity contribution in [1.82, 2.24) is 4.98 Å². The Morgan fingerprint density at radius 3 is 2.36 bits per heavy atom. The molecule has 116 valence electrons. The maximum atomic E-state index is 12.0. The molecule has 1 aromatic carbocycles. The Kier molecular flexibility index (Phi) is 4.88. The van der Waals surface area contributed by atoms with E-state index in [2.05, 4.69) is 4.98 Å². The Hall–Kier alpha value is -2.27. The summed E-state index contributed by atoms with van der Waals surface area (Å²) >= 11 is 6.10. The van der Waals surface area contributed by atoms with Gasteiger partial charge in [-0.3, -0.25) is 0 Å². The van der Waals surface area contributed by atoms with E-state index in [-0.39, 0.29) is 0 Å². The van der Waals surface area contributed by atoms with E-state index in [1.54, 1.807) is 45.4 Å². The van der Waals surface area contributed by atoms with Crippen LogP contribution in [-0.2, 0) is 4.74 Å². The Bertz CT molecular complexity index is 716. The molecule has 0 bridgehead atoms. The molecule has 0 spiro atoms. The topological polar surface area (TPSA) is 57.7 Å². The lowest BCUT2D eigenvalue weighted by Gasteiger charge is -2.12. The van der Waals surface area contributed by atoms with Gasteiger partial charge in [-0.1, -0.05) is 11.6 Å². The number of methoxy groups -OCH3 is 3. The number of carbonyl (C=O) groups excluding carboxylic acids is 1. The first kappa shape index (κ1) is 16.1. The van der Waals surface area contributed by atoms with Crippen molar-refractivity contribution in [2.24, 2.45) is 0 Å². The molecule has 0 fully saturated rings. The zero-order chi connectivity index (χ0) is 16.3. The number of hydrogen-bond donors (Lipinski definition) is 0. The van der Waals surface area contributed by atoms with Gasteiger partial charge in [-0.05, 0) is 36.8 Å². The summed E-state index contributed by atoms with van der Waals surface area (Å²) in [5, 5.41) is 0.331. The molecule has 1 aromatic heterocycles. The summed E-state index contributed by atoms with van der Waals surface area (Å²) in [5.74, 6) is 0.649. The van der Waals surface area contributed by atoms with Gasteiger partial charge in [0, 0.05) is 5.56 Å². The summed E-state index contributed by atoms with van der Waals surface area (Å²) in [7, 11) is 4.42. The molecule has 5 nitrogen and oxygen atoms in total. The third-order valence-corrected chi connectivity index (χ3v) is 3.60. The number of halogens is 1. The smallest absolute Gasteiger partial charge is 0.340 e. The number of rotatable bonds is 4. The van der Waals surface area contributed by atoms with Crippen LogP contribution in [0.25, 0.3) is 11.3 Å². The van der Waals surface area contributed by atoms with Crippen molar-refractivity contribution in [1.29, 1.82) is 0 Å². The third-order valence-electron chi connectivity index (χ3n) is 3.21. The molecule has 1 heterocycles. The van der Waals surface area contributed by atoms with E-state index >= 15 is 0 Å². The first-order chi connectivity index (χ1) is 10.5. The van der Waals surface area contributed by atoms with Crippen LogP contribution < -0.4 is 9.47 Å². The summed E-state index contributed by atoms with van der Waals surface area (Å²) in [6, 6.07) is 6.92. The lowest BCUT2D eigenvalue weighted by atomic mass is 10.0. The van der Waals surface area contributed by atoms with Gasteiger partial charge in [0.1, 0.15) is 5.15 Å². The summed E-state index contributed by atoms with van der Waals surface area (Å²) in [6.45, 7) is 1.78.